The van der Waals surface area contributed by atoms with E-state index in [-0.39, 0.29) is 22.8 Å². The van der Waals surface area contributed by atoms with E-state index in [4.69, 9.17) is 14.9 Å². The molecule has 0 aliphatic carbocycles. The molecular formula is C17H33N3O2Si. The van der Waals surface area contributed by atoms with Gasteiger partial charge < -0.3 is 14.9 Å². The summed E-state index contributed by atoms with van der Waals surface area (Å²) in [6.45, 7) is 18.3. The van der Waals surface area contributed by atoms with Crippen LogP contribution < -0.4 is 5.73 Å². The molecule has 1 aromatic rings. The number of nitrogens with two attached hydrogens (primary N) is 1. The van der Waals surface area contributed by atoms with Gasteiger partial charge in [-0.1, -0.05) is 20.8 Å². The summed E-state index contributed by atoms with van der Waals surface area (Å²) in [6, 6.07) is 1.94. The SMILES string of the molecule is CC(C)(C)n1nc([C@@H]2C[C@H](O[Si](C)(C)C(C)(C)C)CO2)cc1N. The van der Waals surface area contributed by atoms with Crippen molar-refractivity contribution in [2.24, 2.45) is 0 Å². The van der Waals surface area contributed by atoms with E-state index >= 15 is 0 Å². The van der Waals surface area contributed by atoms with Gasteiger partial charge in [-0.05, 0) is 38.9 Å². The molecular weight excluding hydrogens is 306 g/mol. The second-order valence-electron chi connectivity index (χ2n) is 9.13. The molecule has 0 radical (unpaired) electrons. The van der Waals surface area contributed by atoms with E-state index in [1.165, 1.54) is 0 Å². The third-order valence-electron chi connectivity index (χ3n) is 4.95. The van der Waals surface area contributed by atoms with Gasteiger partial charge in [-0.3, -0.25) is 0 Å². The normalized spacial score (nSPS) is 23.5. The molecule has 0 spiro atoms. The average Bonchev–Trinajstić information content (AvgIpc) is 2.92. The van der Waals surface area contributed by atoms with Crippen LogP contribution in [0.2, 0.25) is 18.1 Å². The second-order valence-corrected chi connectivity index (χ2v) is 13.9. The highest BCUT2D eigenvalue weighted by atomic mass is 28.4. The molecule has 1 aromatic heterocycles. The van der Waals surface area contributed by atoms with Gasteiger partial charge in [-0.25, -0.2) is 4.68 Å². The first-order chi connectivity index (χ1) is 10.3. The Morgan fingerprint density at radius 2 is 1.87 bits per heavy atom. The van der Waals surface area contributed by atoms with Crippen LogP contribution in [0.1, 0.15) is 59.8 Å². The van der Waals surface area contributed by atoms with Crippen LogP contribution in [0.5, 0.6) is 0 Å². The number of ether oxygens (including phenoxy) is 1. The van der Waals surface area contributed by atoms with Gasteiger partial charge in [-0.15, -0.1) is 0 Å². The molecule has 132 valence electrons. The first kappa shape index (κ1) is 18.5. The number of aromatic nitrogens is 2. The van der Waals surface area contributed by atoms with Crippen molar-refractivity contribution < 1.29 is 9.16 Å². The molecule has 2 heterocycles. The summed E-state index contributed by atoms with van der Waals surface area (Å²) in [5.74, 6) is 0.685. The van der Waals surface area contributed by atoms with E-state index in [2.05, 4.69) is 59.7 Å². The van der Waals surface area contributed by atoms with Gasteiger partial charge in [0.1, 0.15) is 11.9 Å². The van der Waals surface area contributed by atoms with Crippen LogP contribution in [-0.2, 0) is 14.7 Å². The Balaban J connectivity index is 2.07. The van der Waals surface area contributed by atoms with Crippen molar-refractivity contribution in [2.75, 3.05) is 12.3 Å². The molecule has 1 aliphatic rings. The first-order valence-corrected chi connectivity index (χ1v) is 11.4. The van der Waals surface area contributed by atoms with E-state index in [1.54, 1.807) is 0 Å². The third-order valence-corrected chi connectivity index (χ3v) is 9.48. The predicted molar refractivity (Wildman–Crippen MR) is 97.0 cm³/mol. The van der Waals surface area contributed by atoms with Crippen LogP contribution in [-0.4, -0.2) is 30.8 Å². The monoisotopic (exact) mass is 339 g/mol. The minimum Gasteiger partial charge on any atom is -0.411 e. The van der Waals surface area contributed by atoms with Gasteiger partial charge in [-0.2, -0.15) is 5.10 Å². The number of rotatable bonds is 3. The molecule has 2 atom stereocenters. The highest BCUT2D eigenvalue weighted by Gasteiger charge is 2.41. The first-order valence-electron chi connectivity index (χ1n) is 8.46. The maximum Gasteiger partial charge on any atom is 0.192 e. The Morgan fingerprint density at radius 3 is 2.35 bits per heavy atom. The lowest BCUT2D eigenvalue weighted by atomic mass is 10.1. The largest absolute Gasteiger partial charge is 0.411 e. The summed E-state index contributed by atoms with van der Waals surface area (Å²) < 4.78 is 14.3. The van der Waals surface area contributed by atoms with Crippen LogP contribution >= 0.6 is 0 Å². The fraction of sp³-hybridized carbons (Fsp3) is 0.824. The summed E-state index contributed by atoms with van der Waals surface area (Å²) in [7, 11) is -1.77. The van der Waals surface area contributed by atoms with Gasteiger partial charge >= 0.3 is 0 Å². The molecule has 0 aromatic carbocycles. The highest BCUT2D eigenvalue weighted by Crippen LogP contribution is 2.40. The fourth-order valence-corrected chi connectivity index (χ4v) is 3.94. The predicted octanol–water partition coefficient (Wildman–Crippen LogP) is 4.07. The van der Waals surface area contributed by atoms with Gasteiger partial charge in [0.25, 0.3) is 0 Å². The van der Waals surface area contributed by atoms with Crippen LogP contribution in [0.4, 0.5) is 5.82 Å². The van der Waals surface area contributed by atoms with E-state index in [0.717, 1.165) is 12.1 Å². The zero-order valence-electron chi connectivity index (χ0n) is 15.9. The molecule has 2 rings (SSSR count). The molecule has 6 heteroatoms. The van der Waals surface area contributed by atoms with Crippen LogP contribution in [0, 0.1) is 0 Å². The fourth-order valence-electron chi connectivity index (χ4n) is 2.59. The second kappa shape index (κ2) is 5.90. The Bertz CT molecular complexity index is 555. The summed E-state index contributed by atoms with van der Waals surface area (Å²) in [6.07, 6.45) is 0.991. The summed E-state index contributed by atoms with van der Waals surface area (Å²) >= 11 is 0. The zero-order chi connectivity index (χ0) is 17.6. The van der Waals surface area contributed by atoms with E-state index in [1.807, 2.05) is 10.7 Å². The number of nitrogens with zero attached hydrogens (tertiary/aromatic N) is 2. The van der Waals surface area contributed by atoms with Crippen LogP contribution in [0.15, 0.2) is 6.07 Å². The van der Waals surface area contributed by atoms with Gasteiger partial charge in [0.15, 0.2) is 8.32 Å². The van der Waals surface area contributed by atoms with Crippen molar-refractivity contribution in [2.45, 2.75) is 83.8 Å². The van der Waals surface area contributed by atoms with Crippen molar-refractivity contribution in [3.63, 3.8) is 0 Å². The van der Waals surface area contributed by atoms with E-state index in [0.29, 0.717) is 12.4 Å². The van der Waals surface area contributed by atoms with E-state index in [9.17, 15) is 0 Å². The highest BCUT2D eigenvalue weighted by molar-refractivity contribution is 6.74. The molecule has 1 fully saturated rings. The smallest absolute Gasteiger partial charge is 0.192 e. The molecule has 5 nitrogen and oxygen atoms in total. The maximum absolute atomic E-state index is 6.47. The van der Waals surface area contributed by atoms with Crippen molar-refractivity contribution in [3.05, 3.63) is 11.8 Å². The molecule has 0 bridgehead atoms. The maximum atomic E-state index is 6.47. The standard InChI is InChI=1S/C17H33N3O2Si/c1-16(2,3)20-15(18)10-13(19-20)14-9-12(11-21-14)22-23(7,8)17(4,5)6/h10,12,14H,9,11,18H2,1-8H3/t12-,14-/m0/s1. The Hall–Kier alpha value is -0.853. The van der Waals surface area contributed by atoms with Crippen LogP contribution in [0.3, 0.4) is 0 Å². The lowest BCUT2D eigenvalue weighted by molar-refractivity contribution is 0.0882. The van der Waals surface area contributed by atoms with Crippen molar-refractivity contribution >= 4 is 14.1 Å². The van der Waals surface area contributed by atoms with Crippen LogP contribution in [0.25, 0.3) is 0 Å². The Kier molecular flexibility index (Phi) is 4.74. The minimum atomic E-state index is -1.77. The summed E-state index contributed by atoms with van der Waals surface area (Å²) in [5.41, 5.74) is 6.90. The number of hydrogen-bond acceptors (Lipinski definition) is 4. The molecule has 1 saturated heterocycles. The molecule has 1 aliphatic heterocycles. The van der Waals surface area contributed by atoms with Crippen molar-refractivity contribution in [1.82, 2.24) is 9.78 Å². The number of anilines is 1. The van der Waals surface area contributed by atoms with Gasteiger partial charge in [0.2, 0.25) is 0 Å². The Labute approximate surface area is 141 Å². The van der Waals surface area contributed by atoms with Gasteiger partial charge in [0.05, 0.1) is 23.9 Å². The summed E-state index contributed by atoms with van der Waals surface area (Å²) in [4.78, 5) is 0. The molecule has 2 N–H and O–H groups in total. The quantitative estimate of drug-likeness (QED) is 0.843. The average molecular weight is 340 g/mol. The van der Waals surface area contributed by atoms with Crippen molar-refractivity contribution in [3.8, 4) is 0 Å². The molecule has 0 unspecified atom stereocenters. The molecule has 0 amide bonds. The molecule has 23 heavy (non-hydrogen) atoms. The topological polar surface area (TPSA) is 62.3 Å². The zero-order valence-corrected chi connectivity index (χ0v) is 16.9. The number of nitrogen functional groups attached to an aromatic ring is 1. The van der Waals surface area contributed by atoms with Crippen molar-refractivity contribution in [1.29, 1.82) is 0 Å². The number of hydrogen-bond donors (Lipinski definition) is 1. The Morgan fingerprint density at radius 1 is 1.26 bits per heavy atom. The third kappa shape index (κ3) is 3.98. The lowest BCUT2D eigenvalue weighted by Crippen LogP contribution is -2.44. The minimum absolute atomic E-state index is 0.0179. The molecule has 0 saturated carbocycles. The van der Waals surface area contributed by atoms with E-state index < -0.39 is 8.32 Å². The van der Waals surface area contributed by atoms with Gasteiger partial charge in [0, 0.05) is 12.5 Å². The lowest BCUT2D eigenvalue weighted by Gasteiger charge is -2.38. The summed E-state index contributed by atoms with van der Waals surface area (Å²) in [5, 5.41) is 4.88.